The minimum Gasteiger partial charge on any atom is -0.456 e. The van der Waals surface area contributed by atoms with Crippen LogP contribution in [0.4, 0.5) is 0 Å². The van der Waals surface area contributed by atoms with Gasteiger partial charge in [0.2, 0.25) is 0 Å². The Morgan fingerprint density at radius 2 is 2.25 bits per heavy atom. The van der Waals surface area contributed by atoms with Crippen LogP contribution in [0.15, 0.2) is 49.2 Å². The summed E-state index contributed by atoms with van der Waals surface area (Å²) >= 11 is 0. The molecule has 2 aromatic rings. The highest BCUT2D eigenvalue weighted by Crippen LogP contribution is 2.44. The van der Waals surface area contributed by atoms with Crippen molar-refractivity contribution in [3.05, 3.63) is 54.7 Å². The molecule has 0 saturated carbocycles. The van der Waals surface area contributed by atoms with E-state index in [0.717, 1.165) is 54.2 Å². The number of carbonyl (C=O) groups is 1. The number of unbranched alkanes of at least 4 members (excludes halogenated alkanes) is 1. The third kappa shape index (κ3) is 3.83. The van der Waals surface area contributed by atoms with E-state index in [1.165, 1.54) is 26.2 Å². The molecule has 3 aliphatic heterocycles. The summed E-state index contributed by atoms with van der Waals surface area (Å²) in [7, 11) is 0. The average molecular weight is 379 g/mol. The number of rotatable bonds is 7. The van der Waals surface area contributed by atoms with Crippen molar-refractivity contribution in [3.8, 4) is 0 Å². The Morgan fingerprint density at radius 1 is 1.39 bits per heavy atom. The molecule has 0 amide bonds. The summed E-state index contributed by atoms with van der Waals surface area (Å²) in [6.45, 7) is 7.59. The molecule has 4 heteroatoms. The fraction of sp³-hybridized carbons (Fsp3) is 0.500. The second-order valence-electron chi connectivity index (χ2n) is 8.27. The molecule has 1 unspecified atom stereocenters. The first-order valence-corrected chi connectivity index (χ1v) is 10.5. The second-order valence-corrected chi connectivity index (χ2v) is 8.27. The molecule has 5 atom stereocenters. The summed E-state index contributed by atoms with van der Waals surface area (Å²) in [4.78, 5) is 19.0. The third-order valence-electron chi connectivity index (χ3n) is 6.55. The van der Waals surface area contributed by atoms with Crippen LogP contribution in [0, 0.1) is 11.8 Å². The van der Waals surface area contributed by atoms with Crippen LogP contribution in [-0.2, 0) is 9.53 Å². The van der Waals surface area contributed by atoms with Gasteiger partial charge in [-0.2, -0.15) is 0 Å². The van der Waals surface area contributed by atoms with Crippen LogP contribution >= 0.6 is 0 Å². The number of nitrogens with zero attached hydrogens (tertiary/aromatic N) is 2. The van der Waals surface area contributed by atoms with Crippen molar-refractivity contribution < 1.29 is 9.53 Å². The molecule has 3 fully saturated rings. The number of benzene rings is 1. The largest absolute Gasteiger partial charge is 0.456 e. The van der Waals surface area contributed by atoms with Crippen molar-refractivity contribution in [2.24, 2.45) is 11.8 Å². The van der Waals surface area contributed by atoms with E-state index in [9.17, 15) is 4.79 Å². The van der Waals surface area contributed by atoms with Crippen LogP contribution < -0.4 is 0 Å². The fourth-order valence-corrected chi connectivity index (χ4v) is 5.24. The number of aromatic nitrogens is 1. The first-order valence-electron chi connectivity index (χ1n) is 10.5. The maximum absolute atomic E-state index is 12.0. The lowest BCUT2D eigenvalue weighted by molar-refractivity contribution is -0.155. The van der Waals surface area contributed by atoms with Crippen LogP contribution in [0.25, 0.3) is 10.9 Å². The van der Waals surface area contributed by atoms with Gasteiger partial charge in [-0.05, 0) is 62.6 Å². The Kier molecular flexibility index (Phi) is 5.77. The summed E-state index contributed by atoms with van der Waals surface area (Å²) in [6, 6.07) is 10.4. The molecule has 1 aromatic carbocycles. The maximum atomic E-state index is 12.0. The van der Waals surface area contributed by atoms with Gasteiger partial charge in [-0.15, -0.1) is 6.58 Å². The van der Waals surface area contributed by atoms with E-state index in [1.807, 2.05) is 36.5 Å². The molecule has 148 valence electrons. The fourth-order valence-electron chi connectivity index (χ4n) is 5.24. The van der Waals surface area contributed by atoms with Crippen LogP contribution in [0.2, 0.25) is 0 Å². The first-order chi connectivity index (χ1) is 13.7. The predicted molar refractivity (Wildman–Crippen MR) is 112 cm³/mol. The van der Waals surface area contributed by atoms with Crippen LogP contribution in [0.5, 0.6) is 0 Å². The second kappa shape index (κ2) is 8.44. The average Bonchev–Trinajstić information content (AvgIpc) is 2.72. The summed E-state index contributed by atoms with van der Waals surface area (Å²) in [6.07, 6.45) is 9.60. The van der Waals surface area contributed by atoms with Crippen LogP contribution in [0.3, 0.4) is 0 Å². The molecule has 1 aromatic heterocycles. The van der Waals surface area contributed by atoms with Crippen molar-refractivity contribution in [3.63, 3.8) is 0 Å². The van der Waals surface area contributed by atoms with Crippen molar-refractivity contribution in [2.45, 2.75) is 51.2 Å². The summed E-state index contributed by atoms with van der Waals surface area (Å²) in [5, 5.41) is 1.08. The summed E-state index contributed by atoms with van der Waals surface area (Å²) < 4.78 is 5.95. The number of hydrogen-bond acceptors (Lipinski definition) is 4. The molecule has 3 aliphatic rings. The van der Waals surface area contributed by atoms with Gasteiger partial charge < -0.3 is 4.74 Å². The Hall–Kier alpha value is -2.20. The number of esters is 1. The van der Waals surface area contributed by atoms with Crippen LogP contribution in [-0.4, -0.2) is 35.0 Å². The predicted octanol–water partition coefficient (Wildman–Crippen LogP) is 4.91. The zero-order valence-corrected chi connectivity index (χ0v) is 16.7. The van der Waals surface area contributed by atoms with Gasteiger partial charge in [0, 0.05) is 30.6 Å². The lowest BCUT2D eigenvalue weighted by Crippen LogP contribution is -2.55. The highest BCUT2D eigenvalue weighted by atomic mass is 16.5. The van der Waals surface area contributed by atoms with Crippen molar-refractivity contribution in [1.82, 2.24) is 9.88 Å². The van der Waals surface area contributed by atoms with Gasteiger partial charge in [-0.1, -0.05) is 24.3 Å². The molecule has 0 N–H and O–H groups in total. The number of fused-ring (bicyclic) bond motifs is 4. The highest BCUT2D eigenvalue weighted by Gasteiger charge is 2.44. The zero-order valence-electron chi connectivity index (χ0n) is 16.7. The lowest BCUT2D eigenvalue weighted by atomic mass is 9.72. The number of carbonyl (C=O) groups excluding carboxylic acids is 1. The Balaban J connectivity index is 1.61. The molecule has 3 saturated heterocycles. The Morgan fingerprint density at radius 3 is 3.00 bits per heavy atom. The van der Waals surface area contributed by atoms with E-state index >= 15 is 0 Å². The number of ether oxygens (including phenoxy) is 1. The highest BCUT2D eigenvalue weighted by molar-refractivity contribution is 5.82. The van der Waals surface area contributed by atoms with E-state index in [4.69, 9.17) is 4.74 Å². The Labute approximate surface area is 167 Å². The van der Waals surface area contributed by atoms with E-state index in [0.29, 0.717) is 0 Å². The van der Waals surface area contributed by atoms with E-state index < -0.39 is 0 Å². The quantitative estimate of drug-likeness (QED) is 0.390. The monoisotopic (exact) mass is 378 g/mol. The molecule has 2 bridgehead atoms. The molecule has 4 heterocycles. The molecule has 4 nitrogen and oxygen atoms in total. The van der Waals surface area contributed by atoms with Gasteiger partial charge in [0.1, 0.15) is 6.10 Å². The number of para-hydroxylation sites is 1. The first kappa shape index (κ1) is 19.1. The number of allylic oxidation sites excluding steroid dienone is 1. The molecular weight excluding hydrogens is 348 g/mol. The zero-order chi connectivity index (χ0) is 19.5. The minimum atomic E-state index is -0.234. The van der Waals surface area contributed by atoms with Gasteiger partial charge in [-0.25, -0.2) is 0 Å². The van der Waals surface area contributed by atoms with E-state index in [-0.39, 0.29) is 18.1 Å². The van der Waals surface area contributed by atoms with Crippen molar-refractivity contribution in [1.29, 1.82) is 0 Å². The Bertz CT molecular complexity index is 844. The number of hydrogen-bond donors (Lipinski definition) is 0. The SMILES string of the molecule is C=CCCC[C@@H]1CN2CC[C@H]1C[C@@H]2[C@H](OC(C)=O)c1ccnc2ccccc12. The molecule has 0 radical (unpaired) electrons. The number of piperidine rings is 3. The lowest BCUT2D eigenvalue weighted by Gasteiger charge is -2.52. The summed E-state index contributed by atoms with van der Waals surface area (Å²) in [5.41, 5.74) is 2.04. The topological polar surface area (TPSA) is 42.4 Å². The van der Waals surface area contributed by atoms with Crippen molar-refractivity contribution >= 4 is 16.9 Å². The standard InChI is InChI=1S/C24H30N2O2/c1-3-4-5-8-19-16-26-14-12-18(19)15-23(26)24(28-17(2)27)21-11-13-25-22-10-7-6-9-20(21)22/h3,6-7,9-11,13,18-19,23-24H,1,4-5,8,12,14-16H2,2H3/t18-,19+,23+,24+/m0/s1. The van der Waals surface area contributed by atoms with E-state index in [1.54, 1.807) is 0 Å². The third-order valence-corrected chi connectivity index (χ3v) is 6.55. The van der Waals surface area contributed by atoms with Gasteiger partial charge in [0.25, 0.3) is 0 Å². The molecule has 0 aliphatic carbocycles. The van der Waals surface area contributed by atoms with Crippen LogP contribution in [0.1, 0.15) is 50.7 Å². The van der Waals surface area contributed by atoms with Gasteiger partial charge in [0.05, 0.1) is 11.6 Å². The smallest absolute Gasteiger partial charge is 0.303 e. The van der Waals surface area contributed by atoms with Gasteiger partial charge in [-0.3, -0.25) is 14.7 Å². The van der Waals surface area contributed by atoms with E-state index in [2.05, 4.69) is 22.5 Å². The molecule has 0 spiro atoms. The normalized spacial score (nSPS) is 27.5. The van der Waals surface area contributed by atoms with Crippen molar-refractivity contribution in [2.75, 3.05) is 13.1 Å². The maximum Gasteiger partial charge on any atom is 0.303 e. The molecule has 5 rings (SSSR count). The molecule has 28 heavy (non-hydrogen) atoms. The minimum absolute atomic E-state index is 0.212. The molecular formula is C24H30N2O2. The van der Waals surface area contributed by atoms with Gasteiger partial charge >= 0.3 is 5.97 Å². The number of pyridine rings is 1. The van der Waals surface area contributed by atoms with Gasteiger partial charge in [0.15, 0.2) is 0 Å². The summed E-state index contributed by atoms with van der Waals surface area (Å²) in [5.74, 6) is 1.28.